The number of fused-ring (bicyclic) bond motifs is 1. The van der Waals surface area contributed by atoms with E-state index in [-0.39, 0.29) is 11.5 Å². The number of nitrogens with two attached hydrogens (primary N) is 1. The second kappa shape index (κ2) is 7.91. The van der Waals surface area contributed by atoms with Crippen LogP contribution in [-0.2, 0) is 16.2 Å². The van der Waals surface area contributed by atoms with Gasteiger partial charge in [-0.1, -0.05) is 11.3 Å². The molecule has 0 atom stereocenters. The van der Waals surface area contributed by atoms with Gasteiger partial charge in [-0.15, -0.1) is 5.10 Å². The largest absolute Gasteiger partial charge is 0.419 e. The maximum Gasteiger partial charge on any atom is 0.419 e. The molecule has 0 amide bonds. The molecule has 0 radical (unpaired) electrons. The van der Waals surface area contributed by atoms with Crippen molar-refractivity contribution >= 4 is 37.3 Å². The minimum Gasteiger partial charge on any atom is -0.383 e. The number of sulfonamides is 1. The Balaban J connectivity index is 1.47. The maximum atomic E-state index is 13.1. The SMILES string of the molecule is CS(=O)(=O)NCC1CCN(c2nn3cc(-c4cnc(N)c(C(F)(F)F)c4)nc3s2)CC1. The van der Waals surface area contributed by atoms with Crippen LogP contribution in [0.5, 0.6) is 0 Å². The molecular weight excluding hydrogens is 455 g/mol. The van der Waals surface area contributed by atoms with Gasteiger partial charge in [0.25, 0.3) is 0 Å². The summed E-state index contributed by atoms with van der Waals surface area (Å²) < 4.78 is 65.8. The van der Waals surface area contributed by atoms with Gasteiger partial charge in [-0.3, -0.25) is 0 Å². The molecule has 1 saturated heterocycles. The third-order valence-electron chi connectivity index (χ3n) is 5.07. The van der Waals surface area contributed by atoms with E-state index < -0.39 is 27.6 Å². The number of pyridine rings is 1. The maximum absolute atomic E-state index is 13.1. The predicted octanol–water partition coefficient (Wildman–Crippen LogP) is 2.22. The predicted molar refractivity (Wildman–Crippen MR) is 111 cm³/mol. The van der Waals surface area contributed by atoms with E-state index in [1.54, 1.807) is 6.20 Å². The molecule has 1 fully saturated rings. The highest BCUT2D eigenvalue weighted by Gasteiger charge is 2.34. The van der Waals surface area contributed by atoms with E-state index in [1.165, 1.54) is 22.0 Å². The van der Waals surface area contributed by atoms with E-state index >= 15 is 0 Å². The number of nitrogens with one attached hydrogen (secondary N) is 1. The van der Waals surface area contributed by atoms with E-state index in [1.807, 2.05) is 0 Å². The normalized spacial score (nSPS) is 16.3. The van der Waals surface area contributed by atoms with Crippen LogP contribution in [0.15, 0.2) is 18.5 Å². The monoisotopic (exact) mass is 475 g/mol. The minimum atomic E-state index is -4.60. The Morgan fingerprint density at radius 2 is 2.03 bits per heavy atom. The highest BCUT2D eigenvalue weighted by molar-refractivity contribution is 7.88. The number of aromatic nitrogens is 4. The number of rotatable bonds is 5. The summed E-state index contributed by atoms with van der Waals surface area (Å²) in [4.78, 5) is 10.7. The van der Waals surface area contributed by atoms with Crippen molar-refractivity contribution in [2.45, 2.75) is 19.0 Å². The van der Waals surface area contributed by atoms with Crippen LogP contribution < -0.4 is 15.4 Å². The number of piperidine rings is 1. The van der Waals surface area contributed by atoms with Crippen molar-refractivity contribution in [1.82, 2.24) is 24.3 Å². The number of hydrogen-bond acceptors (Lipinski definition) is 8. The van der Waals surface area contributed by atoms with Crippen molar-refractivity contribution < 1.29 is 21.6 Å². The van der Waals surface area contributed by atoms with E-state index in [0.717, 1.165) is 43.4 Å². The highest BCUT2D eigenvalue weighted by atomic mass is 32.2. The first-order valence-electron chi connectivity index (χ1n) is 9.38. The summed E-state index contributed by atoms with van der Waals surface area (Å²) in [6.45, 7) is 1.89. The van der Waals surface area contributed by atoms with Crippen LogP contribution in [0, 0.1) is 5.92 Å². The standard InChI is InChI=1S/C17H20F3N7O2S2/c1-31(28,29)23-7-10-2-4-26(5-3-10)16-25-27-9-13(24-15(27)30-16)11-6-12(17(18,19)20)14(21)22-8-11/h6,8-10,23H,2-5,7H2,1H3,(H2,21,22). The van der Waals surface area contributed by atoms with Crippen LogP contribution in [0.2, 0.25) is 0 Å². The Hall–Kier alpha value is -2.45. The Morgan fingerprint density at radius 3 is 2.65 bits per heavy atom. The van der Waals surface area contributed by atoms with E-state index in [0.29, 0.717) is 17.2 Å². The topological polar surface area (TPSA) is 119 Å². The fraction of sp³-hybridized carbons (Fsp3) is 0.471. The first kappa shape index (κ1) is 21.8. The zero-order valence-corrected chi connectivity index (χ0v) is 18.1. The van der Waals surface area contributed by atoms with Crippen LogP contribution in [0.4, 0.5) is 24.1 Å². The lowest BCUT2D eigenvalue weighted by atomic mass is 9.98. The number of halogens is 3. The molecule has 168 valence electrons. The quantitative estimate of drug-likeness (QED) is 0.581. The second-order valence-corrected chi connectivity index (χ2v) is 10.2. The first-order chi connectivity index (χ1) is 14.5. The van der Waals surface area contributed by atoms with Crippen molar-refractivity contribution in [3.63, 3.8) is 0 Å². The first-order valence-corrected chi connectivity index (χ1v) is 12.1. The lowest BCUT2D eigenvalue weighted by molar-refractivity contribution is -0.137. The van der Waals surface area contributed by atoms with E-state index in [9.17, 15) is 21.6 Å². The summed E-state index contributed by atoms with van der Waals surface area (Å²) in [6.07, 6.45) is 1.02. The number of nitrogens with zero attached hydrogens (tertiary/aromatic N) is 5. The fourth-order valence-corrected chi connectivity index (χ4v) is 4.87. The summed E-state index contributed by atoms with van der Waals surface area (Å²) >= 11 is 1.34. The average molecular weight is 476 g/mol. The Labute approximate surface area is 180 Å². The van der Waals surface area contributed by atoms with Crippen LogP contribution >= 0.6 is 11.3 Å². The van der Waals surface area contributed by atoms with Gasteiger partial charge in [0.2, 0.25) is 20.1 Å². The van der Waals surface area contributed by atoms with Gasteiger partial charge in [-0.2, -0.15) is 13.2 Å². The van der Waals surface area contributed by atoms with Crippen molar-refractivity contribution in [3.8, 4) is 11.3 Å². The number of nitrogen functional groups attached to an aromatic ring is 1. The molecule has 1 aliphatic rings. The van der Waals surface area contributed by atoms with Gasteiger partial charge in [0.1, 0.15) is 5.82 Å². The van der Waals surface area contributed by atoms with Gasteiger partial charge in [-0.05, 0) is 24.8 Å². The molecular formula is C17H20F3N7O2S2. The zero-order valence-electron chi connectivity index (χ0n) is 16.4. The van der Waals surface area contributed by atoms with Crippen molar-refractivity contribution in [2.75, 3.05) is 36.5 Å². The van der Waals surface area contributed by atoms with Gasteiger partial charge in [0, 0.05) is 31.4 Å². The van der Waals surface area contributed by atoms with Crippen LogP contribution in [-0.4, -0.2) is 53.9 Å². The minimum absolute atomic E-state index is 0.208. The molecule has 4 heterocycles. The summed E-state index contributed by atoms with van der Waals surface area (Å²) in [5, 5.41) is 5.26. The van der Waals surface area contributed by atoms with Crippen LogP contribution in [0.3, 0.4) is 0 Å². The number of hydrogen-bond donors (Lipinski definition) is 2. The lowest BCUT2D eigenvalue weighted by Crippen LogP contribution is -2.38. The van der Waals surface area contributed by atoms with Gasteiger partial charge >= 0.3 is 6.18 Å². The molecule has 4 rings (SSSR count). The molecule has 0 aromatic carbocycles. The Bertz CT molecular complexity index is 1170. The smallest absolute Gasteiger partial charge is 0.383 e. The van der Waals surface area contributed by atoms with E-state index in [2.05, 4.69) is 24.7 Å². The number of alkyl halides is 3. The molecule has 3 N–H and O–H groups in total. The summed E-state index contributed by atoms with van der Waals surface area (Å²) in [6, 6.07) is 0.936. The molecule has 0 saturated carbocycles. The molecule has 9 nitrogen and oxygen atoms in total. The number of anilines is 2. The van der Waals surface area contributed by atoms with E-state index in [4.69, 9.17) is 5.73 Å². The molecule has 0 unspecified atom stereocenters. The van der Waals surface area contributed by atoms with Crippen LogP contribution in [0.25, 0.3) is 16.2 Å². The molecule has 31 heavy (non-hydrogen) atoms. The second-order valence-electron chi connectivity index (χ2n) is 7.44. The molecule has 0 spiro atoms. The Morgan fingerprint density at radius 1 is 1.32 bits per heavy atom. The fourth-order valence-electron chi connectivity index (χ4n) is 3.40. The van der Waals surface area contributed by atoms with Crippen molar-refractivity contribution in [3.05, 3.63) is 24.0 Å². The van der Waals surface area contributed by atoms with Crippen molar-refractivity contribution in [1.29, 1.82) is 0 Å². The molecule has 0 bridgehead atoms. The van der Waals surface area contributed by atoms with Gasteiger partial charge in [0.05, 0.1) is 23.7 Å². The van der Waals surface area contributed by atoms with Crippen molar-refractivity contribution in [2.24, 2.45) is 5.92 Å². The zero-order chi connectivity index (χ0) is 22.4. The molecule has 3 aromatic heterocycles. The van der Waals surface area contributed by atoms with Gasteiger partial charge in [0.15, 0.2) is 0 Å². The molecule has 3 aromatic rings. The molecule has 1 aliphatic heterocycles. The Kier molecular flexibility index (Phi) is 5.55. The van der Waals surface area contributed by atoms with Crippen LogP contribution in [0.1, 0.15) is 18.4 Å². The highest BCUT2D eigenvalue weighted by Crippen LogP contribution is 2.35. The lowest BCUT2D eigenvalue weighted by Gasteiger charge is -2.31. The summed E-state index contributed by atoms with van der Waals surface area (Å²) in [5.74, 6) is -0.310. The average Bonchev–Trinajstić information content (AvgIpc) is 3.25. The molecule has 14 heteroatoms. The summed E-state index contributed by atoms with van der Waals surface area (Å²) in [7, 11) is -3.20. The number of imidazole rings is 1. The third kappa shape index (κ3) is 4.91. The summed E-state index contributed by atoms with van der Waals surface area (Å²) in [5.41, 5.74) is 4.89. The van der Waals surface area contributed by atoms with Gasteiger partial charge in [-0.25, -0.2) is 27.6 Å². The molecule has 0 aliphatic carbocycles. The third-order valence-corrected chi connectivity index (χ3v) is 6.75. The van der Waals surface area contributed by atoms with Gasteiger partial charge < -0.3 is 10.6 Å².